The van der Waals surface area contributed by atoms with Crippen molar-refractivity contribution in [2.45, 2.75) is 19.3 Å². The Balaban J connectivity index is 2.77. The Morgan fingerprint density at radius 1 is 1.00 bits per heavy atom. The second kappa shape index (κ2) is 6.77. The minimum atomic E-state index is -5.15. The number of ether oxygens (including phenoxy) is 2. The minimum absolute atomic E-state index is 0.0798. The van der Waals surface area contributed by atoms with Gasteiger partial charge in [0.15, 0.2) is 5.69 Å². The summed E-state index contributed by atoms with van der Waals surface area (Å²) in [6.07, 6.45) is -10.3. The zero-order chi connectivity index (χ0) is 18.8. The molecule has 2 aromatic rings. The Bertz CT molecular complexity index is 759. The highest BCUT2D eigenvalue weighted by molar-refractivity contribution is 5.72. The first-order valence-electron chi connectivity index (χ1n) is 6.91. The van der Waals surface area contributed by atoms with E-state index in [0.29, 0.717) is 0 Å². The van der Waals surface area contributed by atoms with Gasteiger partial charge in [-0.3, -0.25) is 0 Å². The maximum Gasteiger partial charge on any atom is 0.451 e. The molecule has 136 valence electrons. The van der Waals surface area contributed by atoms with Gasteiger partial charge < -0.3 is 9.47 Å². The van der Waals surface area contributed by atoms with E-state index in [2.05, 4.69) is 14.7 Å². The van der Waals surface area contributed by atoms with Crippen molar-refractivity contribution in [1.29, 1.82) is 0 Å². The number of methoxy groups -OCH3 is 1. The third kappa shape index (κ3) is 4.12. The molecule has 1 heterocycles. The van der Waals surface area contributed by atoms with Gasteiger partial charge in [-0.1, -0.05) is 12.1 Å². The smallest absolute Gasteiger partial charge is 0.451 e. The zero-order valence-corrected chi connectivity index (χ0v) is 13.0. The molecule has 0 saturated heterocycles. The summed E-state index contributed by atoms with van der Waals surface area (Å²) < 4.78 is 88.3. The van der Waals surface area contributed by atoms with Crippen molar-refractivity contribution >= 4 is 0 Å². The number of halogens is 6. The molecule has 1 aromatic heterocycles. The average molecular weight is 366 g/mol. The first-order valence-corrected chi connectivity index (χ1v) is 6.91. The zero-order valence-electron chi connectivity index (χ0n) is 13.0. The van der Waals surface area contributed by atoms with Crippen LogP contribution in [0, 0.1) is 0 Å². The van der Waals surface area contributed by atoms with Gasteiger partial charge in [0.05, 0.1) is 19.3 Å². The molecule has 0 radical (unpaired) electrons. The molecule has 0 N–H and O–H groups in total. The topological polar surface area (TPSA) is 44.2 Å². The van der Waals surface area contributed by atoms with Crippen LogP contribution in [0.1, 0.15) is 18.4 Å². The second-order valence-electron chi connectivity index (χ2n) is 4.74. The quantitative estimate of drug-likeness (QED) is 0.743. The van der Waals surface area contributed by atoms with E-state index in [0.717, 1.165) is 7.11 Å². The molecule has 0 spiro atoms. The van der Waals surface area contributed by atoms with Gasteiger partial charge >= 0.3 is 12.4 Å². The van der Waals surface area contributed by atoms with Crippen LogP contribution in [0.2, 0.25) is 0 Å². The summed E-state index contributed by atoms with van der Waals surface area (Å²) >= 11 is 0. The fourth-order valence-electron chi connectivity index (χ4n) is 2.09. The van der Waals surface area contributed by atoms with E-state index < -0.39 is 35.3 Å². The molecular formula is C15H12F6N2O2. The molecule has 0 amide bonds. The normalized spacial score (nSPS) is 12.2. The van der Waals surface area contributed by atoms with Gasteiger partial charge in [-0.15, -0.1) is 0 Å². The molecule has 0 saturated carbocycles. The van der Waals surface area contributed by atoms with Gasteiger partial charge in [-0.2, -0.15) is 31.3 Å². The SMILES string of the molecule is CCOc1cccc(-c2c(OC)nc(C(F)(F)F)nc2C(F)(F)F)c1. The monoisotopic (exact) mass is 366 g/mol. The van der Waals surface area contributed by atoms with Crippen molar-refractivity contribution in [3.8, 4) is 22.8 Å². The van der Waals surface area contributed by atoms with Crippen LogP contribution in [0.4, 0.5) is 26.3 Å². The summed E-state index contributed by atoms with van der Waals surface area (Å²) in [6, 6.07) is 5.41. The third-order valence-electron chi connectivity index (χ3n) is 3.02. The summed E-state index contributed by atoms with van der Waals surface area (Å²) in [5.74, 6) is -2.51. The lowest BCUT2D eigenvalue weighted by atomic mass is 10.0. The van der Waals surface area contributed by atoms with Gasteiger partial charge in [-0.25, -0.2) is 4.98 Å². The molecule has 25 heavy (non-hydrogen) atoms. The molecule has 0 bridgehead atoms. The number of nitrogens with zero attached hydrogens (tertiary/aromatic N) is 2. The molecule has 0 unspecified atom stereocenters. The Kier molecular flexibility index (Phi) is 5.09. The highest BCUT2D eigenvalue weighted by Crippen LogP contribution is 2.42. The lowest BCUT2D eigenvalue weighted by Gasteiger charge is -2.17. The van der Waals surface area contributed by atoms with Crippen molar-refractivity contribution in [3.63, 3.8) is 0 Å². The molecular weight excluding hydrogens is 354 g/mol. The summed E-state index contributed by atoms with van der Waals surface area (Å²) in [5, 5.41) is 0. The fourth-order valence-corrected chi connectivity index (χ4v) is 2.09. The Hall–Kier alpha value is -2.52. The maximum atomic E-state index is 13.3. The largest absolute Gasteiger partial charge is 0.494 e. The van der Waals surface area contributed by atoms with Crippen LogP contribution >= 0.6 is 0 Å². The lowest BCUT2D eigenvalue weighted by molar-refractivity contribution is -0.152. The maximum absolute atomic E-state index is 13.3. The number of rotatable bonds is 4. The Labute approximate surface area is 138 Å². The van der Waals surface area contributed by atoms with E-state index >= 15 is 0 Å². The predicted molar refractivity (Wildman–Crippen MR) is 75.2 cm³/mol. The number of hydrogen-bond donors (Lipinski definition) is 0. The molecule has 1 aromatic carbocycles. The first-order chi connectivity index (χ1) is 11.6. The molecule has 2 rings (SSSR count). The van der Waals surface area contributed by atoms with Crippen LogP contribution in [0.25, 0.3) is 11.1 Å². The van der Waals surface area contributed by atoms with E-state index in [1.54, 1.807) is 6.92 Å². The molecule has 4 nitrogen and oxygen atoms in total. The summed E-state index contributed by atoms with van der Waals surface area (Å²) in [6.45, 7) is 1.94. The van der Waals surface area contributed by atoms with Gasteiger partial charge in [0.2, 0.25) is 11.7 Å². The van der Waals surface area contributed by atoms with Gasteiger partial charge in [-0.05, 0) is 24.6 Å². The number of hydrogen-bond acceptors (Lipinski definition) is 4. The van der Waals surface area contributed by atoms with Crippen molar-refractivity contribution in [1.82, 2.24) is 9.97 Å². The van der Waals surface area contributed by atoms with Crippen LogP contribution in [0.3, 0.4) is 0 Å². The van der Waals surface area contributed by atoms with Crippen LogP contribution in [-0.2, 0) is 12.4 Å². The highest BCUT2D eigenvalue weighted by Gasteiger charge is 2.43. The first kappa shape index (κ1) is 18.8. The van der Waals surface area contributed by atoms with Gasteiger partial charge in [0, 0.05) is 0 Å². The van der Waals surface area contributed by atoms with Gasteiger partial charge in [0.25, 0.3) is 0 Å². The van der Waals surface area contributed by atoms with E-state index in [1.807, 2.05) is 0 Å². The highest BCUT2D eigenvalue weighted by atomic mass is 19.4. The lowest BCUT2D eigenvalue weighted by Crippen LogP contribution is -2.19. The summed E-state index contributed by atoms with van der Waals surface area (Å²) in [4.78, 5) is 5.78. The van der Waals surface area contributed by atoms with Crippen molar-refractivity contribution in [2.24, 2.45) is 0 Å². The van der Waals surface area contributed by atoms with Crippen molar-refractivity contribution in [2.75, 3.05) is 13.7 Å². The van der Waals surface area contributed by atoms with Crippen LogP contribution in [0.15, 0.2) is 24.3 Å². The van der Waals surface area contributed by atoms with Crippen LogP contribution < -0.4 is 9.47 Å². The molecule has 0 atom stereocenters. The fraction of sp³-hybridized carbons (Fsp3) is 0.333. The minimum Gasteiger partial charge on any atom is -0.494 e. The second-order valence-corrected chi connectivity index (χ2v) is 4.74. The number of benzene rings is 1. The average Bonchev–Trinajstić information content (AvgIpc) is 2.52. The summed E-state index contributed by atoms with van der Waals surface area (Å²) in [5.41, 5.74) is -2.51. The number of aromatic nitrogens is 2. The standard InChI is InChI=1S/C15H12F6N2O2/c1-3-25-9-6-4-5-8(7-9)10-11(14(16,17)18)22-13(15(19,20)21)23-12(10)24-2/h4-7H,3H2,1-2H3. The Morgan fingerprint density at radius 2 is 1.68 bits per heavy atom. The van der Waals surface area contributed by atoms with E-state index in [-0.39, 0.29) is 17.9 Å². The van der Waals surface area contributed by atoms with Crippen molar-refractivity contribution < 1.29 is 35.8 Å². The molecule has 0 aliphatic carbocycles. The van der Waals surface area contributed by atoms with E-state index in [9.17, 15) is 26.3 Å². The molecule has 0 aliphatic heterocycles. The van der Waals surface area contributed by atoms with E-state index in [1.165, 1.54) is 24.3 Å². The Morgan fingerprint density at radius 3 is 2.20 bits per heavy atom. The molecule has 10 heteroatoms. The molecule has 0 fully saturated rings. The number of alkyl halides is 6. The van der Waals surface area contributed by atoms with Crippen LogP contribution in [-0.4, -0.2) is 23.7 Å². The summed E-state index contributed by atoms with van der Waals surface area (Å²) in [7, 11) is 0.929. The van der Waals surface area contributed by atoms with Gasteiger partial charge in [0.1, 0.15) is 5.75 Å². The van der Waals surface area contributed by atoms with Crippen molar-refractivity contribution in [3.05, 3.63) is 35.8 Å². The third-order valence-corrected chi connectivity index (χ3v) is 3.02. The molecule has 0 aliphatic rings. The van der Waals surface area contributed by atoms with Crippen LogP contribution in [0.5, 0.6) is 11.6 Å². The van der Waals surface area contributed by atoms with E-state index in [4.69, 9.17) is 4.74 Å². The predicted octanol–water partition coefficient (Wildman–Crippen LogP) is 4.59.